The lowest BCUT2D eigenvalue weighted by Gasteiger charge is -2.21. The Morgan fingerprint density at radius 3 is 2.60 bits per heavy atom. The fraction of sp³-hybridized carbons (Fsp3) is 0.636. The van der Waals surface area contributed by atoms with E-state index in [0.29, 0.717) is 17.9 Å². The summed E-state index contributed by atoms with van der Waals surface area (Å²) < 4.78 is 5.74. The number of hydrogen-bond donors (Lipinski definition) is 0. The maximum atomic E-state index is 5.74. The highest BCUT2D eigenvalue weighted by molar-refractivity contribution is 6.16. The first-order chi connectivity index (χ1) is 7.38. The van der Waals surface area contributed by atoms with E-state index in [2.05, 4.69) is 9.97 Å². The lowest BCUT2D eigenvalue weighted by atomic mass is 9.98. The van der Waals surface area contributed by atoms with Crippen molar-refractivity contribution in [2.75, 3.05) is 0 Å². The first-order valence-corrected chi connectivity index (χ1v) is 5.95. The van der Waals surface area contributed by atoms with Crippen LogP contribution in [0.3, 0.4) is 0 Å². The number of nitrogens with zero attached hydrogens (tertiary/aromatic N) is 2. The molecule has 1 heterocycles. The molecule has 15 heavy (non-hydrogen) atoms. The van der Waals surface area contributed by atoms with Crippen LogP contribution in [0.5, 0.6) is 5.88 Å². The van der Waals surface area contributed by atoms with Crippen molar-refractivity contribution in [2.45, 2.75) is 44.1 Å². The molecule has 1 aliphatic rings. The van der Waals surface area contributed by atoms with E-state index in [1.54, 1.807) is 12.4 Å². The van der Waals surface area contributed by atoms with E-state index < -0.39 is 0 Å². The summed E-state index contributed by atoms with van der Waals surface area (Å²) in [6.45, 7) is 0. The van der Waals surface area contributed by atoms with E-state index in [0.717, 1.165) is 18.5 Å². The SMILES string of the molecule is ClCc1cnc(OC2CCCCC2)cn1. The average molecular weight is 227 g/mol. The van der Waals surface area contributed by atoms with Gasteiger partial charge in [0.2, 0.25) is 5.88 Å². The number of ether oxygens (including phenoxy) is 1. The Bertz CT molecular complexity index is 296. The molecular weight excluding hydrogens is 212 g/mol. The molecule has 1 fully saturated rings. The predicted octanol–water partition coefficient (Wildman–Crippen LogP) is 2.93. The summed E-state index contributed by atoms with van der Waals surface area (Å²) in [6, 6.07) is 0. The zero-order valence-corrected chi connectivity index (χ0v) is 9.41. The summed E-state index contributed by atoms with van der Waals surface area (Å²) >= 11 is 5.63. The number of rotatable bonds is 3. The Labute approximate surface area is 94.8 Å². The Morgan fingerprint density at radius 1 is 1.20 bits per heavy atom. The van der Waals surface area contributed by atoms with E-state index in [1.807, 2.05) is 0 Å². The molecule has 0 spiro atoms. The lowest BCUT2D eigenvalue weighted by molar-refractivity contribution is 0.148. The lowest BCUT2D eigenvalue weighted by Crippen LogP contribution is -2.20. The Kier molecular flexibility index (Phi) is 3.78. The van der Waals surface area contributed by atoms with Crippen molar-refractivity contribution >= 4 is 11.6 Å². The average Bonchev–Trinajstić information content (AvgIpc) is 2.31. The molecule has 0 saturated heterocycles. The molecule has 3 nitrogen and oxygen atoms in total. The van der Waals surface area contributed by atoms with E-state index >= 15 is 0 Å². The van der Waals surface area contributed by atoms with Gasteiger partial charge in [-0.3, -0.25) is 4.98 Å². The summed E-state index contributed by atoms with van der Waals surface area (Å²) in [5, 5.41) is 0. The largest absolute Gasteiger partial charge is 0.473 e. The van der Waals surface area contributed by atoms with E-state index in [9.17, 15) is 0 Å². The molecule has 0 radical (unpaired) electrons. The van der Waals surface area contributed by atoms with Gasteiger partial charge in [0, 0.05) is 0 Å². The van der Waals surface area contributed by atoms with Crippen molar-refractivity contribution in [2.24, 2.45) is 0 Å². The molecule has 0 aromatic carbocycles. The Hall–Kier alpha value is -0.830. The fourth-order valence-corrected chi connectivity index (χ4v) is 1.96. The zero-order chi connectivity index (χ0) is 10.5. The highest BCUT2D eigenvalue weighted by Crippen LogP contribution is 2.21. The van der Waals surface area contributed by atoms with Crippen molar-refractivity contribution in [1.29, 1.82) is 0 Å². The van der Waals surface area contributed by atoms with Crippen molar-refractivity contribution in [3.8, 4) is 5.88 Å². The van der Waals surface area contributed by atoms with Gasteiger partial charge in [-0.1, -0.05) is 6.42 Å². The van der Waals surface area contributed by atoms with Gasteiger partial charge >= 0.3 is 0 Å². The predicted molar refractivity (Wildman–Crippen MR) is 59.1 cm³/mol. The quantitative estimate of drug-likeness (QED) is 0.744. The molecule has 1 aromatic rings. The third-order valence-corrected chi connectivity index (χ3v) is 2.93. The van der Waals surface area contributed by atoms with Gasteiger partial charge in [-0.2, -0.15) is 0 Å². The molecule has 1 aromatic heterocycles. The van der Waals surface area contributed by atoms with Crippen LogP contribution in [0.2, 0.25) is 0 Å². The Morgan fingerprint density at radius 2 is 2.00 bits per heavy atom. The fourth-order valence-electron chi connectivity index (χ4n) is 1.83. The molecule has 82 valence electrons. The van der Waals surface area contributed by atoms with Crippen LogP contribution in [0.1, 0.15) is 37.8 Å². The van der Waals surface area contributed by atoms with Crippen LogP contribution in [-0.2, 0) is 5.88 Å². The number of aromatic nitrogens is 2. The number of halogens is 1. The molecule has 0 aliphatic heterocycles. The normalized spacial score (nSPS) is 17.7. The highest BCUT2D eigenvalue weighted by atomic mass is 35.5. The van der Waals surface area contributed by atoms with Gasteiger partial charge < -0.3 is 4.74 Å². The summed E-state index contributed by atoms with van der Waals surface area (Å²) in [7, 11) is 0. The maximum absolute atomic E-state index is 5.74. The van der Waals surface area contributed by atoms with Gasteiger partial charge in [0.05, 0.1) is 24.0 Å². The van der Waals surface area contributed by atoms with Gasteiger partial charge in [-0.05, 0) is 25.7 Å². The molecular formula is C11H15ClN2O. The molecule has 0 unspecified atom stereocenters. The molecule has 0 N–H and O–H groups in total. The first-order valence-electron chi connectivity index (χ1n) is 5.42. The van der Waals surface area contributed by atoms with Crippen LogP contribution in [0, 0.1) is 0 Å². The first kappa shape index (κ1) is 10.7. The van der Waals surface area contributed by atoms with Gasteiger partial charge in [0.1, 0.15) is 6.10 Å². The van der Waals surface area contributed by atoms with Crippen molar-refractivity contribution < 1.29 is 4.74 Å². The highest BCUT2D eigenvalue weighted by Gasteiger charge is 2.15. The van der Waals surface area contributed by atoms with Crippen molar-refractivity contribution in [3.05, 3.63) is 18.1 Å². The summed E-state index contributed by atoms with van der Waals surface area (Å²) in [5.41, 5.74) is 0.785. The van der Waals surface area contributed by atoms with Crippen LogP contribution >= 0.6 is 11.6 Å². The van der Waals surface area contributed by atoms with E-state index in [-0.39, 0.29) is 0 Å². The monoisotopic (exact) mass is 226 g/mol. The van der Waals surface area contributed by atoms with Crippen molar-refractivity contribution in [3.63, 3.8) is 0 Å². The molecule has 0 atom stereocenters. The second-order valence-corrected chi connectivity index (χ2v) is 4.12. The van der Waals surface area contributed by atoms with Crippen LogP contribution in [0.15, 0.2) is 12.4 Å². The minimum absolute atomic E-state index is 0.329. The summed E-state index contributed by atoms with van der Waals surface area (Å²) in [6.07, 6.45) is 9.79. The summed E-state index contributed by atoms with van der Waals surface area (Å²) in [4.78, 5) is 8.32. The molecule has 0 bridgehead atoms. The van der Waals surface area contributed by atoms with E-state index in [4.69, 9.17) is 16.3 Å². The molecule has 1 saturated carbocycles. The van der Waals surface area contributed by atoms with Gasteiger partial charge in [0.25, 0.3) is 0 Å². The maximum Gasteiger partial charge on any atom is 0.232 e. The third-order valence-electron chi connectivity index (χ3n) is 2.66. The van der Waals surface area contributed by atoms with Crippen LogP contribution in [0.4, 0.5) is 0 Å². The van der Waals surface area contributed by atoms with Crippen LogP contribution < -0.4 is 4.74 Å². The standard InChI is InChI=1S/C11H15ClN2O/c12-6-9-7-14-11(8-13-9)15-10-4-2-1-3-5-10/h7-8,10H,1-6H2. The molecule has 1 aliphatic carbocycles. The number of alkyl halides is 1. The van der Waals surface area contributed by atoms with Gasteiger partial charge in [0.15, 0.2) is 0 Å². The van der Waals surface area contributed by atoms with Gasteiger partial charge in [-0.15, -0.1) is 11.6 Å². The van der Waals surface area contributed by atoms with Crippen LogP contribution in [-0.4, -0.2) is 16.1 Å². The second kappa shape index (κ2) is 5.31. The topological polar surface area (TPSA) is 35.0 Å². The third kappa shape index (κ3) is 3.06. The van der Waals surface area contributed by atoms with Crippen LogP contribution in [0.25, 0.3) is 0 Å². The van der Waals surface area contributed by atoms with E-state index in [1.165, 1.54) is 19.3 Å². The smallest absolute Gasteiger partial charge is 0.232 e. The van der Waals surface area contributed by atoms with Crippen molar-refractivity contribution in [1.82, 2.24) is 9.97 Å². The minimum atomic E-state index is 0.329. The molecule has 4 heteroatoms. The minimum Gasteiger partial charge on any atom is -0.473 e. The second-order valence-electron chi connectivity index (χ2n) is 3.86. The molecule has 2 rings (SSSR count). The number of hydrogen-bond acceptors (Lipinski definition) is 3. The Balaban J connectivity index is 1.91. The zero-order valence-electron chi connectivity index (χ0n) is 8.66. The summed E-state index contributed by atoms with van der Waals surface area (Å²) in [5.74, 6) is 1.02. The van der Waals surface area contributed by atoms with Gasteiger partial charge in [-0.25, -0.2) is 4.98 Å². The molecule has 0 amide bonds.